The highest BCUT2D eigenvalue weighted by atomic mass is 32.2. The van der Waals surface area contributed by atoms with Gasteiger partial charge in [-0.1, -0.05) is 12.1 Å². The van der Waals surface area contributed by atoms with Gasteiger partial charge in [0.2, 0.25) is 0 Å². The van der Waals surface area contributed by atoms with Crippen LogP contribution < -0.4 is 10.0 Å². The Hall–Kier alpha value is -1.44. The smallest absolute Gasteiger partial charge is 0.263 e. The van der Waals surface area contributed by atoms with Crippen LogP contribution in [0.4, 0.5) is 5.13 Å². The molecule has 0 atom stereocenters. The standard InChI is InChI=1S/C13H17N3O2S2/c1-9-4-5-11(8-14-3)6-12(9)20(17,18)16-13-15-7-10(2)19-13/h4-7,14H,8H2,1-3H3,(H,15,16). The SMILES string of the molecule is CNCc1ccc(C)c(S(=O)(=O)Nc2ncc(C)s2)c1. The van der Waals surface area contributed by atoms with Crippen molar-refractivity contribution in [3.8, 4) is 0 Å². The summed E-state index contributed by atoms with van der Waals surface area (Å²) in [5.74, 6) is 0. The van der Waals surface area contributed by atoms with E-state index in [0.29, 0.717) is 17.2 Å². The molecule has 5 nitrogen and oxygen atoms in total. The van der Waals surface area contributed by atoms with E-state index in [0.717, 1.165) is 10.4 Å². The molecule has 2 rings (SSSR count). The maximum absolute atomic E-state index is 12.4. The quantitative estimate of drug-likeness (QED) is 0.888. The first kappa shape index (κ1) is 15.0. The van der Waals surface area contributed by atoms with Crippen LogP contribution in [-0.4, -0.2) is 20.4 Å². The van der Waals surface area contributed by atoms with E-state index in [1.165, 1.54) is 11.3 Å². The number of aromatic nitrogens is 1. The molecule has 0 saturated carbocycles. The maximum Gasteiger partial charge on any atom is 0.263 e. The summed E-state index contributed by atoms with van der Waals surface area (Å²) < 4.78 is 27.4. The average Bonchev–Trinajstić information content (AvgIpc) is 2.76. The van der Waals surface area contributed by atoms with Crippen molar-refractivity contribution < 1.29 is 8.42 Å². The number of nitrogens with one attached hydrogen (secondary N) is 2. The van der Waals surface area contributed by atoms with Crippen LogP contribution in [0, 0.1) is 13.8 Å². The molecule has 0 fully saturated rings. The number of aryl methyl sites for hydroxylation is 2. The van der Waals surface area contributed by atoms with Gasteiger partial charge in [0.25, 0.3) is 10.0 Å². The summed E-state index contributed by atoms with van der Waals surface area (Å²) in [6.07, 6.45) is 1.65. The lowest BCUT2D eigenvalue weighted by Crippen LogP contribution is -2.15. The molecule has 0 aliphatic heterocycles. The van der Waals surface area contributed by atoms with E-state index in [1.807, 2.05) is 26.1 Å². The summed E-state index contributed by atoms with van der Waals surface area (Å²) in [6, 6.07) is 5.42. The predicted octanol–water partition coefficient (Wildman–Crippen LogP) is 2.28. The second-order valence-corrected chi connectivity index (χ2v) is 7.40. The number of hydrogen-bond donors (Lipinski definition) is 2. The van der Waals surface area contributed by atoms with Gasteiger partial charge in [0.15, 0.2) is 5.13 Å². The van der Waals surface area contributed by atoms with E-state index in [9.17, 15) is 8.42 Å². The highest BCUT2D eigenvalue weighted by Crippen LogP contribution is 2.23. The van der Waals surface area contributed by atoms with Crippen molar-refractivity contribution in [2.24, 2.45) is 0 Å². The topological polar surface area (TPSA) is 71.1 Å². The number of hydrogen-bond acceptors (Lipinski definition) is 5. The first-order valence-electron chi connectivity index (χ1n) is 6.12. The molecule has 0 amide bonds. The molecule has 0 radical (unpaired) electrons. The fourth-order valence-electron chi connectivity index (χ4n) is 1.82. The van der Waals surface area contributed by atoms with E-state index in [-0.39, 0.29) is 4.90 Å². The van der Waals surface area contributed by atoms with Crippen LogP contribution >= 0.6 is 11.3 Å². The van der Waals surface area contributed by atoms with E-state index in [4.69, 9.17) is 0 Å². The van der Waals surface area contributed by atoms with Crippen LogP contribution in [0.1, 0.15) is 16.0 Å². The molecule has 0 bridgehead atoms. The van der Waals surface area contributed by atoms with Crippen LogP contribution in [0.5, 0.6) is 0 Å². The molecule has 1 heterocycles. The third-order valence-electron chi connectivity index (χ3n) is 2.77. The minimum atomic E-state index is -3.60. The van der Waals surface area contributed by atoms with Gasteiger partial charge in [0.05, 0.1) is 4.90 Å². The van der Waals surface area contributed by atoms with Gasteiger partial charge in [-0.25, -0.2) is 13.4 Å². The summed E-state index contributed by atoms with van der Waals surface area (Å²) in [6.45, 7) is 4.29. The van der Waals surface area contributed by atoms with Crippen LogP contribution in [0.2, 0.25) is 0 Å². The minimum Gasteiger partial charge on any atom is -0.316 e. The van der Waals surface area contributed by atoms with E-state index >= 15 is 0 Å². The van der Waals surface area contributed by atoms with Gasteiger partial charge in [-0.05, 0) is 38.1 Å². The van der Waals surface area contributed by atoms with E-state index in [1.54, 1.807) is 19.2 Å². The third kappa shape index (κ3) is 3.36. The summed E-state index contributed by atoms with van der Waals surface area (Å²) in [5, 5.41) is 3.40. The van der Waals surface area contributed by atoms with Crippen molar-refractivity contribution in [2.75, 3.05) is 11.8 Å². The zero-order valence-electron chi connectivity index (χ0n) is 11.6. The Kier molecular flexibility index (Phi) is 4.42. The molecular weight excluding hydrogens is 294 g/mol. The summed E-state index contributed by atoms with van der Waals surface area (Å²) in [7, 11) is -1.78. The molecule has 7 heteroatoms. The molecular formula is C13H17N3O2S2. The molecule has 0 aliphatic rings. The lowest BCUT2D eigenvalue weighted by atomic mass is 10.1. The largest absolute Gasteiger partial charge is 0.316 e. The van der Waals surface area contributed by atoms with Crippen molar-refractivity contribution in [1.29, 1.82) is 0 Å². The number of sulfonamides is 1. The van der Waals surface area contributed by atoms with Gasteiger partial charge in [0.1, 0.15) is 0 Å². The number of nitrogens with zero attached hydrogens (tertiary/aromatic N) is 1. The highest BCUT2D eigenvalue weighted by Gasteiger charge is 2.18. The number of anilines is 1. The van der Waals surface area contributed by atoms with Crippen molar-refractivity contribution in [3.63, 3.8) is 0 Å². The van der Waals surface area contributed by atoms with Gasteiger partial charge in [-0.15, -0.1) is 11.3 Å². The molecule has 108 valence electrons. The molecule has 0 aliphatic carbocycles. The molecule has 1 aromatic heterocycles. The second-order valence-electron chi connectivity index (χ2n) is 4.51. The van der Waals surface area contributed by atoms with Gasteiger partial charge in [-0.2, -0.15) is 0 Å². The summed E-state index contributed by atoms with van der Waals surface area (Å²) >= 11 is 1.32. The lowest BCUT2D eigenvalue weighted by molar-refractivity contribution is 0.600. The van der Waals surface area contributed by atoms with E-state index in [2.05, 4.69) is 15.0 Å². The lowest BCUT2D eigenvalue weighted by Gasteiger charge is -2.10. The first-order valence-corrected chi connectivity index (χ1v) is 8.42. The Bertz CT molecular complexity index is 708. The van der Waals surface area contributed by atoms with E-state index < -0.39 is 10.0 Å². The van der Waals surface area contributed by atoms with Crippen molar-refractivity contribution in [3.05, 3.63) is 40.4 Å². The zero-order chi connectivity index (χ0) is 14.8. The monoisotopic (exact) mass is 311 g/mol. The molecule has 1 aromatic carbocycles. The minimum absolute atomic E-state index is 0.290. The van der Waals surface area contributed by atoms with Crippen LogP contribution in [0.15, 0.2) is 29.3 Å². The molecule has 0 spiro atoms. The number of thiazole rings is 1. The fraction of sp³-hybridized carbons (Fsp3) is 0.308. The van der Waals surface area contributed by atoms with Crippen LogP contribution in [0.25, 0.3) is 0 Å². The first-order chi connectivity index (χ1) is 9.42. The van der Waals surface area contributed by atoms with Gasteiger partial charge >= 0.3 is 0 Å². The average molecular weight is 311 g/mol. The van der Waals surface area contributed by atoms with Gasteiger partial charge in [0, 0.05) is 17.6 Å². The van der Waals surface area contributed by atoms with Crippen molar-refractivity contribution in [1.82, 2.24) is 10.3 Å². The van der Waals surface area contributed by atoms with Gasteiger partial charge in [-0.3, -0.25) is 4.72 Å². The molecule has 2 N–H and O–H groups in total. The molecule has 2 aromatic rings. The van der Waals surface area contributed by atoms with Crippen LogP contribution in [0.3, 0.4) is 0 Å². The normalized spacial score (nSPS) is 11.6. The zero-order valence-corrected chi connectivity index (χ0v) is 13.2. The Morgan fingerprint density at radius 1 is 1.30 bits per heavy atom. The Labute approximate surface area is 123 Å². The van der Waals surface area contributed by atoms with Crippen molar-refractivity contribution >= 4 is 26.5 Å². The second kappa shape index (κ2) is 5.90. The predicted molar refractivity (Wildman–Crippen MR) is 81.6 cm³/mol. The Morgan fingerprint density at radius 2 is 2.05 bits per heavy atom. The third-order valence-corrected chi connectivity index (χ3v) is 5.20. The Balaban J connectivity index is 2.35. The van der Waals surface area contributed by atoms with Crippen molar-refractivity contribution in [2.45, 2.75) is 25.3 Å². The molecule has 0 saturated heterocycles. The molecule has 20 heavy (non-hydrogen) atoms. The number of rotatable bonds is 5. The summed E-state index contributed by atoms with van der Waals surface area (Å²) in [4.78, 5) is 5.28. The number of benzene rings is 1. The maximum atomic E-state index is 12.4. The summed E-state index contributed by atoms with van der Waals surface area (Å²) in [5.41, 5.74) is 1.64. The highest BCUT2D eigenvalue weighted by molar-refractivity contribution is 7.93. The van der Waals surface area contributed by atoms with Gasteiger partial charge < -0.3 is 5.32 Å². The Morgan fingerprint density at radius 3 is 2.65 bits per heavy atom. The fourth-order valence-corrected chi connectivity index (χ4v) is 4.02. The molecule has 0 unspecified atom stereocenters. The van der Waals surface area contributed by atoms with Crippen LogP contribution in [-0.2, 0) is 16.6 Å².